The van der Waals surface area contributed by atoms with Gasteiger partial charge in [-0.3, -0.25) is 4.21 Å². The average Bonchev–Trinajstić information content (AvgIpc) is 2.75. The summed E-state index contributed by atoms with van der Waals surface area (Å²) in [4.78, 5) is 0. The molecule has 1 atom stereocenters. The van der Waals surface area contributed by atoms with Crippen LogP contribution in [0.2, 0.25) is 0 Å². The molecule has 2 rings (SSSR count). The number of hydrogen-bond donors (Lipinski definition) is 1. The molecule has 0 aromatic heterocycles. The average molecular weight is 241 g/mol. The van der Waals surface area contributed by atoms with Crippen molar-refractivity contribution in [1.82, 2.24) is 0 Å². The van der Waals surface area contributed by atoms with Crippen molar-refractivity contribution in [1.29, 1.82) is 0 Å². The molecule has 1 aromatic rings. The monoisotopic (exact) mass is 241 g/mol. The first kappa shape index (κ1) is 11.6. The molecule has 1 aromatic carbocycles. The number of benzene rings is 1. The number of halogens is 1. The summed E-state index contributed by atoms with van der Waals surface area (Å²) < 4.78 is 24.8. The van der Waals surface area contributed by atoms with Gasteiger partial charge in [-0.1, -0.05) is 18.9 Å². The van der Waals surface area contributed by atoms with Crippen LogP contribution in [-0.2, 0) is 16.6 Å². The number of anilines is 1. The van der Waals surface area contributed by atoms with Crippen molar-refractivity contribution in [2.45, 2.75) is 36.7 Å². The molecule has 1 aliphatic carbocycles. The lowest BCUT2D eigenvalue weighted by molar-refractivity contribution is 0.628. The zero-order valence-corrected chi connectivity index (χ0v) is 9.93. The Kier molecular flexibility index (Phi) is 3.59. The Balaban J connectivity index is 2.05. The summed E-state index contributed by atoms with van der Waals surface area (Å²) in [6.45, 7) is 0. The highest BCUT2D eigenvalue weighted by atomic mass is 32.2. The summed E-state index contributed by atoms with van der Waals surface area (Å²) in [5.74, 6) is 0.115. The van der Waals surface area contributed by atoms with Crippen LogP contribution in [0.5, 0.6) is 0 Å². The molecule has 0 amide bonds. The molecular formula is C12H16FNOS. The van der Waals surface area contributed by atoms with Crippen LogP contribution in [0.25, 0.3) is 0 Å². The minimum atomic E-state index is -0.866. The maximum atomic E-state index is 12.8. The molecule has 1 aliphatic rings. The van der Waals surface area contributed by atoms with E-state index in [9.17, 15) is 8.60 Å². The van der Waals surface area contributed by atoms with Crippen molar-refractivity contribution in [2.75, 3.05) is 5.73 Å². The van der Waals surface area contributed by atoms with Gasteiger partial charge in [0.05, 0.1) is 5.75 Å². The molecule has 88 valence electrons. The normalized spacial score (nSPS) is 18.8. The second-order valence-electron chi connectivity index (χ2n) is 4.27. The maximum Gasteiger partial charge on any atom is 0.125 e. The van der Waals surface area contributed by atoms with E-state index in [0.717, 1.165) is 18.4 Å². The minimum absolute atomic E-state index is 0.310. The predicted octanol–water partition coefficient (Wildman–Crippen LogP) is 2.60. The van der Waals surface area contributed by atoms with Gasteiger partial charge in [0.25, 0.3) is 0 Å². The van der Waals surface area contributed by atoms with Crippen LogP contribution in [0.3, 0.4) is 0 Å². The molecule has 0 radical (unpaired) electrons. The summed E-state index contributed by atoms with van der Waals surface area (Å²) >= 11 is 0. The highest BCUT2D eigenvalue weighted by molar-refractivity contribution is 7.84. The number of nitrogens with two attached hydrogens (primary N) is 1. The summed E-state index contributed by atoms with van der Waals surface area (Å²) in [6, 6.07) is 4.30. The lowest BCUT2D eigenvalue weighted by atomic mass is 10.2. The van der Waals surface area contributed by atoms with Crippen molar-refractivity contribution < 1.29 is 8.60 Å². The van der Waals surface area contributed by atoms with E-state index in [1.54, 1.807) is 6.07 Å². The van der Waals surface area contributed by atoms with E-state index in [0.29, 0.717) is 16.7 Å². The quantitative estimate of drug-likeness (QED) is 0.827. The third-order valence-electron chi connectivity index (χ3n) is 3.08. The van der Waals surface area contributed by atoms with Crippen LogP contribution in [0.15, 0.2) is 18.2 Å². The molecule has 0 spiro atoms. The largest absolute Gasteiger partial charge is 0.398 e. The lowest BCUT2D eigenvalue weighted by Crippen LogP contribution is -2.13. The Morgan fingerprint density at radius 3 is 2.69 bits per heavy atom. The first-order chi connectivity index (χ1) is 7.66. The molecule has 1 saturated carbocycles. The van der Waals surface area contributed by atoms with Gasteiger partial charge in [-0.05, 0) is 30.5 Å². The van der Waals surface area contributed by atoms with Crippen LogP contribution < -0.4 is 5.73 Å². The fourth-order valence-corrected chi connectivity index (χ4v) is 3.78. The van der Waals surface area contributed by atoms with Crippen LogP contribution in [0.4, 0.5) is 10.1 Å². The second-order valence-corrected chi connectivity index (χ2v) is 5.99. The number of rotatable bonds is 3. The van der Waals surface area contributed by atoms with Gasteiger partial charge < -0.3 is 5.73 Å². The summed E-state index contributed by atoms with van der Waals surface area (Å²) in [7, 11) is -0.866. The number of nitrogen functional groups attached to an aromatic ring is 1. The van der Waals surface area contributed by atoms with Crippen molar-refractivity contribution in [3.63, 3.8) is 0 Å². The standard InChI is InChI=1S/C12H16FNOS/c13-10-6-5-9(12(14)7-10)8-16(15)11-3-1-2-4-11/h5-7,11H,1-4,8,14H2. The Labute approximate surface area is 97.5 Å². The van der Waals surface area contributed by atoms with Gasteiger partial charge in [0, 0.05) is 21.7 Å². The first-order valence-electron chi connectivity index (χ1n) is 5.58. The molecule has 4 heteroatoms. The van der Waals surface area contributed by atoms with E-state index in [1.807, 2.05) is 0 Å². The first-order valence-corrected chi connectivity index (χ1v) is 6.96. The molecule has 0 saturated heterocycles. The topological polar surface area (TPSA) is 43.1 Å². The zero-order valence-electron chi connectivity index (χ0n) is 9.12. The van der Waals surface area contributed by atoms with Gasteiger partial charge in [-0.25, -0.2) is 4.39 Å². The minimum Gasteiger partial charge on any atom is -0.398 e. The molecule has 16 heavy (non-hydrogen) atoms. The van der Waals surface area contributed by atoms with Crippen LogP contribution >= 0.6 is 0 Å². The van der Waals surface area contributed by atoms with Crippen LogP contribution in [-0.4, -0.2) is 9.46 Å². The van der Waals surface area contributed by atoms with E-state index in [1.165, 1.54) is 25.0 Å². The second kappa shape index (κ2) is 4.95. The summed E-state index contributed by atoms with van der Waals surface area (Å²) in [6.07, 6.45) is 4.45. The Morgan fingerprint density at radius 1 is 1.38 bits per heavy atom. The number of hydrogen-bond acceptors (Lipinski definition) is 2. The highest BCUT2D eigenvalue weighted by Crippen LogP contribution is 2.26. The SMILES string of the molecule is Nc1cc(F)ccc1CS(=O)C1CCCC1. The summed E-state index contributed by atoms with van der Waals surface area (Å²) in [5, 5.41) is 0.310. The summed E-state index contributed by atoms with van der Waals surface area (Å²) in [5.41, 5.74) is 6.90. The lowest BCUT2D eigenvalue weighted by Gasteiger charge is -2.10. The van der Waals surface area contributed by atoms with E-state index in [-0.39, 0.29) is 5.82 Å². The van der Waals surface area contributed by atoms with Gasteiger partial charge in [0.2, 0.25) is 0 Å². The van der Waals surface area contributed by atoms with Gasteiger partial charge in [-0.2, -0.15) is 0 Å². The molecule has 2 N–H and O–H groups in total. The van der Waals surface area contributed by atoms with Gasteiger partial charge in [0.15, 0.2) is 0 Å². The van der Waals surface area contributed by atoms with Crippen LogP contribution in [0.1, 0.15) is 31.2 Å². The van der Waals surface area contributed by atoms with Crippen molar-refractivity contribution in [3.05, 3.63) is 29.6 Å². The van der Waals surface area contributed by atoms with Crippen LogP contribution in [0, 0.1) is 5.82 Å². The maximum absolute atomic E-state index is 12.8. The fraction of sp³-hybridized carbons (Fsp3) is 0.500. The molecule has 1 fully saturated rings. The van der Waals surface area contributed by atoms with Gasteiger partial charge >= 0.3 is 0 Å². The van der Waals surface area contributed by atoms with E-state index in [2.05, 4.69) is 0 Å². The van der Waals surface area contributed by atoms with E-state index in [4.69, 9.17) is 5.73 Å². The predicted molar refractivity (Wildman–Crippen MR) is 64.9 cm³/mol. The Hall–Kier alpha value is -0.900. The van der Waals surface area contributed by atoms with Gasteiger partial charge in [0.1, 0.15) is 5.82 Å². The molecular weight excluding hydrogens is 225 g/mol. The molecule has 1 unspecified atom stereocenters. The van der Waals surface area contributed by atoms with Crippen molar-refractivity contribution >= 4 is 16.5 Å². The zero-order chi connectivity index (χ0) is 11.5. The smallest absolute Gasteiger partial charge is 0.125 e. The third-order valence-corrected chi connectivity index (χ3v) is 4.89. The van der Waals surface area contributed by atoms with Gasteiger partial charge in [-0.15, -0.1) is 0 Å². The Bertz CT molecular complexity index is 402. The fourth-order valence-electron chi connectivity index (χ4n) is 2.12. The van der Waals surface area contributed by atoms with E-state index >= 15 is 0 Å². The van der Waals surface area contributed by atoms with Crippen molar-refractivity contribution in [3.8, 4) is 0 Å². The molecule has 0 aliphatic heterocycles. The van der Waals surface area contributed by atoms with E-state index < -0.39 is 10.8 Å². The van der Waals surface area contributed by atoms with Crippen molar-refractivity contribution in [2.24, 2.45) is 0 Å². The molecule has 0 bridgehead atoms. The third kappa shape index (κ3) is 2.61. The highest BCUT2D eigenvalue weighted by Gasteiger charge is 2.21. The Morgan fingerprint density at radius 2 is 2.06 bits per heavy atom. The molecule has 0 heterocycles. The molecule has 2 nitrogen and oxygen atoms in total.